The van der Waals surface area contributed by atoms with Crippen LogP contribution < -0.4 is 9.47 Å². The Morgan fingerprint density at radius 3 is 1.69 bits per heavy atom. The summed E-state index contributed by atoms with van der Waals surface area (Å²) in [6.07, 6.45) is 0.553. The third-order valence-corrected chi connectivity index (χ3v) is 4.87. The van der Waals surface area contributed by atoms with Gasteiger partial charge in [-0.1, -0.05) is 42.7 Å². The van der Waals surface area contributed by atoms with Gasteiger partial charge in [-0.2, -0.15) is 0 Å². The number of esters is 1. The molecule has 7 heteroatoms. The van der Waals surface area contributed by atoms with E-state index in [2.05, 4.69) is 23.7 Å². The van der Waals surface area contributed by atoms with Crippen molar-refractivity contribution >= 4 is 5.97 Å². The Morgan fingerprint density at radius 2 is 1.26 bits per heavy atom. The molecule has 0 amide bonds. The van der Waals surface area contributed by atoms with Gasteiger partial charge in [-0.3, -0.25) is 0 Å². The Bertz CT molecular complexity index is 1280. The molecule has 0 aliphatic heterocycles. The van der Waals surface area contributed by atoms with Crippen molar-refractivity contribution in [2.24, 2.45) is 0 Å². The van der Waals surface area contributed by atoms with Crippen LogP contribution in [0.5, 0.6) is 28.7 Å². The number of rotatable bonds is 5. The fourth-order valence-corrected chi connectivity index (χ4v) is 3.10. The van der Waals surface area contributed by atoms with Crippen LogP contribution in [0.3, 0.4) is 0 Å². The molecule has 0 spiro atoms. The first-order chi connectivity index (χ1) is 16.9. The molecule has 3 N–H and O–H groups in total. The highest BCUT2D eigenvalue weighted by atomic mass is 16.5. The van der Waals surface area contributed by atoms with E-state index in [1.807, 2.05) is 6.92 Å². The van der Waals surface area contributed by atoms with Crippen LogP contribution in [0, 0.1) is 23.7 Å². The van der Waals surface area contributed by atoms with Gasteiger partial charge in [0.05, 0.1) is 37.5 Å². The maximum Gasteiger partial charge on any atom is 0.340 e. The minimum Gasteiger partial charge on any atom is -0.503 e. The Morgan fingerprint density at radius 1 is 0.771 bits per heavy atom. The lowest BCUT2D eigenvalue weighted by Gasteiger charge is -2.13. The average molecular weight is 472 g/mol. The molecule has 0 aliphatic carbocycles. The van der Waals surface area contributed by atoms with Crippen LogP contribution in [0.4, 0.5) is 0 Å². The van der Waals surface area contributed by atoms with Gasteiger partial charge >= 0.3 is 5.97 Å². The Labute approximate surface area is 203 Å². The van der Waals surface area contributed by atoms with E-state index in [4.69, 9.17) is 14.2 Å². The molecule has 0 bridgehead atoms. The largest absolute Gasteiger partial charge is 0.503 e. The monoisotopic (exact) mass is 472 g/mol. The summed E-state index contributed by atoms with van der Waals surface area (Å²) in [4.78, 5) is 13.0. The molecule has 0 saturated heterocycles. The van der Waals surface area contributed by atoms with Crippen LogP contribution in [0.15, 0.2) is 48.5 Å². The smallest absolute Gasteiger partial charge is 0.340 e. The Kier molecular flexibility index (Phi) is 8.11. The maximum absolute atomic E-state index is 13.0. The van der Waals surface area contributed by atoms with Gasteiger partial charge in [0, 0.05) is 11.1 Å². The molecule has 3 aromatic carbocycles. The minimum absolute atomic E-state index is 0.104. The van der Waals surface area contributed by atoms with Gasteiger partial charge < -0.3 is 29.5 Å². The van der Waals surface area contributed by atoms with Crippen LogP contribution >= 0.6 is 0 Å². The Balaban J connectivity index is 2.23. The van der Waals surface area contributed by atoms with Crippen LogP contribution in [0.2, 0.25) is 0 Å². The topological polar surface area (TPSA) is 105 Å². The van der Waals surface area contributed by atoms with Crippen LogP contribution in [0.25, 0.3) is 0 Å². The minimum atomic E-state index is -0.845. The van der Waals surface area contributed by atoms with Crippen molar-refractivity contribution in [3.8, 4) is 52.4 Å². The molecule has 0 atom stereocenters. The van der Waals surface area contributed by atoms with Gasteiger partial charge in [0.25, 0.3) is 0 Å². The van der Waals surface area contributed by atoms with Gasteiger partial charge in [-0.25, -0.2) is 4.79 Å². The summed E-state index contributed by atoms with van der Waals surface area (Å²) >= 11 is 0. The third kappa shape index (κ3) is 5.79. The fraction of sp³-hybridized carbons (Fsp3) is 0.179. The van der Waals surface area contributed by atoms with Gasteiger partial charge in [-0.05, 0) is 42.8 Å². The number of phenols is 3. The first-order valence-corrected chi connectivity index (χ1v) is 10.7. The fourth-order valence-electron chi connectivity index (χ4n) is 3.10. The lowest BCUT2D eigenvalue weighted by Crippen LogP contribution is -2.11. The molecule has 0 radical (unpaired) electrons. The van der Waals surface area contributed by atoms with E-state index in [0.717, 1.165) is 0 Å². The van der Waals surface area contributed by atoms with E-state index in [0.29, 0.717) is 29.0 Å². The summed E-state index contributed by atoms with van der Waals surface area (Å²) in [5, 5.41) is 31.5. The van der Waals surface area contributed by atoms with Crippen molar-refractivity contribution in [1.82, 2.24) is 0 Å². The molecule has 0 aliphatic rings. The van der Waals surface area contributed by atoms with Crippen LogP contribution in [0.1, 0.15) is 46.0 Å². The third-order valence-electron chi connectivity index (χ3n) is 4.87. The second-order valence-corrected chi connectivity index (χ2v) is 7.27. The molecule has 3 rings (SSSR count). The lowest BCUT2D eigenvalue weighted by atomic mass is 9.97. The van der Waals surface area contributed by atoms with E-state index < -0.39 is 23.2 Å². The summed E-state index contributed by atoms with van der Waals surface area (Å²) in [7, 11) is 3.04. The van der Waals surface area contributed by atoms with E-state index >= 15 is 0 Å². The predicted octanol–water partition coefficient (Wildman–Crippen LogP) is 4.19. The highest BCUT2D eigenvalue weighted by Crippen LogP contribution is 2.43. The molecule has 178 valence electrons. The highest BCUT2D eigenvalue weighted by molar-refractivity contribution is 5.98. The second-order valence-electron chi connectivity index (χ2n) is 7.27. The van der Waals surface area contributed by atoms with Crippen molar-refractivity contribution in [3.05, 3.63) is 76.3 Å². The molecule has 3 aromatic rings. The quantitative estimate of drug-likeness (QED) is 0.291. The van der Waals surface area contributed by atoms with Gasteiger partial charge in [0.1, 0.15) is 11.5 Å². The number of phenolic OH excluding ortho intramolecular Hbond substituents is 3. The molecular weight excluding hydrogens is 448 g/mol. The van der Waals surface area contributed by atoms with E-state index in [1.54, 1.807) is 48.5 Å². The molecule has 0 heterocycles. The predicted molar refractivity (Wildman–Crippen MR) is 130 cm³/mol. The summed E-state index contributed by atoms with van der Waals surface area (Å²) in [6, 6.07) is 13.7. The number of ether oxygens (including phenoxy) is 3. The van der Waals surface area contributed by atoms with Crippen LogP contribution in [-0.2, 0) is 4.74 Å². The molecule has 0 saturated carbocycles. The average Bonchev–Trinajstić information content (AvgIpc) is 2.89. The zero-order valence-corrected chi connectivity index (χ0v) is 19.5. The van der Waals surface area contributed by atoms with Crippen molar-refractivity contribution in [3.63, 3.8) is 0 Å². The van der Waals surface area contributed by atoms with Crippen LogP contribution in [-0.4, -0.2) is 42.1 Å². The first-order valence-electron chi connectivity index (χ1n) is 10.7. The number of methoxy groups -OCH3 is 2. The van der Waals surface area contributed by atoms with E-state index in [9.17, 15) is 20.1 Å². The molecule has 35 heavy (non-hydrogen) atoms. The SMILES string of the molecule is CCCOC(=O)c1c(C#Cc2cccc(OC)c2)c(O)c(O)c(O)c1C#Cc1cccc(OC)c1. The zero-order chi connectivity index (χ0) is 25.4. The number of hydrogen-bond donors (Lipinski definition) is 3. The normalized spacial score (nSPS) is 9.80. The second kappa shape index (κ2) is 11.4. The van der Waals surface area contributed by atoms with E-state index in [-0.39, 0.29) is 23.3 Å². The number of benzene rings is 3. The number of carbonyl (C=O) groups is 1. The zero-order valence-electron chi connectivity index (χ0n) is 19.5. The summed E-state index contributed by atoms with van der Waals surface area (Å²) in [5.41, 5.74) is 0.372. The molecular formula is C28H24O7. The number of hydrogen-bond acceptors (Lipinski definition) is 7. The summed E-state index contributed by atoms with van der Waals surface area (Å²) in [6.45, 7) is 1.93. The lowest BCUT2D eigenvalue weighted by molar-refractivity contribution is 0.0503. The van der Waals surface area contributed by atoms with Gasteiger partial charge in [0.15, 0.2) is 11.5 Å². The summed E-state index contributed by atoms with van der Waals surface area (Å²) in [5.74, 6) is 9.04. The van der Waals surface area contributed by atoms with Gasteiger partial charge in [0.2, 0.25) is 5.75 Å². The number of carbonyl (C=O) groups excluding carboxylic acids is 1. The first kappa shape index (κ1) is 24.9. The summed E-state index contributed by atoms with van der Waals surface area (Å²) < 4.78 is 15.6. The Hall–Kier alpha value is -4.75. The van der Waals surface area contributed by atoms with Gasteiger partial charge in [-0.15, -0.1) is 0 Å². The van der Waals surface area contributed by atoms with E-state index in [1.165, 1.54) is 14.2 Å². The molecule has 0 unspecified atom stereocenters. The van der Waals surface area contributed by atoms with Crippen molar-refractivity contribution in [2.45, 2.75) is 13.3 Å². The standard InChI is InChI=1S/C28H24O7/c1-4-15-35-28(32)24-22(13-11-18-7-5-9-20(16-18)33-2)25(29)27(31)26(30)23(24)14-12-19-8-6-10-21(17-19)34-3/h5-10,16-17,29-31H,4,15H2,1-3H3. The molecule has 0 aromatic heterocycles. The molecule has 0 fully saturated rings. The highest BCUT2D eigenvalue weighted by Gasteiger charge is 2.27. The van der Waals surface area contributed by atoms with Crippen molar-refractivity contribution in [1.29, 1.82) is 0 Å². The van der Waals surface area contributed by atoms with Crippen molar-refractivity contribution in [2.75, 3.05) is 20.8 Å². The van der Waals surface area contributed by atoms with Crippen molar-refractivity contribution < 1.29 is 34.3 Å². The number of aromatic hydroxyl groups is 3. The molecule has 7 nitrogen and oxygen atoms in total. The maximum atomic E-state index is 13.0.